The molecule has 140 valence electrons. The molecular weight excluding hydrogens is 384 g/mol. The van der Waals surface area contributed by atoms with Gasteiger partial charge < -0.3 is 17.0 Å². The summed E-state index contributed by atoms with van der Waals surface area (Å²) in [6, 6.07) is 9.20. The SMILES string of the molecule is Cc1cc(C)c(CN2C=[N+](Cc3c(C)cc(C)cc3C)CC2)c(C)c1.[Br-]. The zero-order valence-electron chi connectivity index (χ0n) is 17.0. The monoisotopic (exact) mass is 414 g/mol. The van der Waals surface area contributed by atoms with Crippen LogP contribution >= 0.6 is 0 Å². The van der Waals surface area contributed by atoms with Crippen molar-refractivity contribution in [2.24, 2.45) is 0 Å². The first-order chi connectivity index (χ1) is 11.8. The minimum absolute atomic E-state index is 0. The molecule has 0 saturated heterocycles. The second-order valence-corrected chi connectivity index (χ2v) is 7.81. The van der Waals surface area contributed by atoms with E-state index in [-0.39, 0.29) is 17.0 Å². The molecule has 0 fully saturated rings. The minimum atomic E-state index is 0. The smallest absolute Gasteiger partial charge is 0.234 e. The largest absolute Gasteiger partial charge is 1.00 e. The van der Waals surface area contributed by atoms with Gasteiger partial charge >= 0.3 is 0 Å². The summed E-state index contributed by atoms with van der Waals surface area (Å²) in [4.78, 5) is 2.46. The van der Waals surface area contributed by atoms with Crippen LogP contribution in [0.4, 0.5) is 0 Å². The highest BCUT2D eigenvalue weighted by molar-refractivity contribution is 5.52. The van der Waals surface area contributed by atoms with E-state index in [0.29, 0.717) is 0 Å². The Morgan fingerprint density at radius 1 is 0.769 bits per heavy atom. The molecule has 0 bridgehead atoms. The number of nitrogens with zero attached hydrogens (tertiary/aromatic N) is 2. The van der Waals surface area contributed by atoms with Gasteiger partial charge in [-0.1, -0.05) is 35.4 Å². The van der Waals surface area contributed by atoms with Crippen LogP contribution in [0.1, 0.15) is 44.5 Å². The normalized spacial score (nSPS) is 13.6. The van der Waals surface area contributed by atoms with Crippen molar-refractivity contribution < 1.29 is 21.6 Å². The van der Waals surface area contributed by atoms with E-state index in [2.05, 4.69) is 81.6 Å². The first-order valence-electron chi connectivity index (χ1n) is 9.30. The van der Waals surface area contributed by atoms with Crippen LogP contribution in [0.25, 0.3) is 0 Å². The maximum atomic E-state index is 2.46. The van der Waals surface area contributed by atoms with Gasteiger partial charge in [-0.25, -0.2) is 0 Å². The van der Waals surface area contributed by atoms with Gasteiger partial charge in [-0.05, 0) is 74.9 Å². The summed E-state index contributed by atoms with van der Waals surface area (Å²) in [5, 5.41) is 0. The van der Waals surface area contributed by atoms with E-state index in [1.165, 1.54) is 44.5 Å². The third-order valence-corrected chi connectivity index (χ3v) is 5.40. The van der Waals surface area contributed by atoms with Gasteiger partial charge in [-0.15, -0.1) is 0 Å². The molecule has 0 radical (unpaired) electrons. The molecule has 0 aromatic heterocycles. The van der Waals surface area contributed by atoms with Gasteiger partial charge in [0.2, 0.25) is 6.34 Å². The maximum Gasteiger partial charge on any atom is 0.234 e. The maximum absolute atomic E-state index is 2.46. The lowest BCUT2D eigenvalue weighted by atomic mass is 9.99. The fourth-order valence-corrected chi connectivity index (χ4v) is 4.17. The molecular formula is C23H31BrN2. The topological polar surface area (TPSA) is 6.25 Å². The molecule has 3 rings (SSSR count). The molecule has 0 amide bonds. The van der Waals surface area contributed by atoms with Crippen molar-refractivity contribution in [2.75, 3.05) is 13.1 Å². The van der Waals surface area contributed by atoms with Gasteiger partial charge in [0.25, 0.3) is 0 Å². The Bertz CT molecular complexity index is 790. The summed E-state index contributed by atoms with van der Waals surface area (Å²) in [6.07, 6.45) is 2.33. The summed E-state index contributed by atoms with van der Waals surface area (Å²) in [7, 11) is 0. The summed E-state index contributed by atoms with van der Waals surface area (Å²) < 4.78 is 2.46. The van der Waals surface area contributed by atoms with Crippen LogP contribution in [0.15, 0.2) is 24.3 Å². The van der Waals surface area contributed by atoms with E-state index in [9.17, 15) is 0 Å². The van der Waals surface area contributed by atoms with Gasteiger partial charge in [0.05, 0.1) is 0 Å². The lowest BCUT2D eigenvalue weighted by Gasteiger charge is -2.13. The molecule has 0 N–H and O–H groups in total. The van der Waals surface area contributed by atoms with E-state index >= 15 is 0 Å². The lowest BCUT2D eigenvalue weighted by Crippen LogP contribution is -3.00. The molecule has 0 aliphatic carbocycles. The second-order valence-electron chi connectivity index (χ2n) is 7.81. The Balaban J connectivity index is 0.00000243. The second kappa shape index (κ2) is 8.39. The van der Waals surface area contributed by atoms with Gasteiger partial charge in [0.15, 0.2) is 0 Å². The number of halogens is 1. The number of benzene rings is 2. The third kappa shape index (κ3) is 4.56. The van der Waals surface area contributed by atoms with Crippen LogP contribution in [-0.2, 0) is 13.1 Å². The summed E-state index contributed by atoms with van der Waals surface area (Å²) in [6.45, 7) is 17.6. The number of aryl methyl sites for hydroxylation is 6. The molecule has 1 aliphatic rings. The Morgan fingerprint density at radius 3 is 1.73 bits per heavy atom. The standard InChI is InChI=1S/C23H31N2.BrH/c1-16-9-18(3)22(19(4)10-16)13-24-7-8-25(15-24)14-23-20(5)11-17(2)12-21(23)6;/h9-12,15H,7-8,13-14H2,1-6H3;1H/q+1;/p-1. The quantitative estimate of drug-likeness (QED) is 0.688. The predicted octanol–water partition coefficient (Wildman–Crippen LogP) is 1.60. The summed E-state index contributed by atoms with van der Waals surface area (Å²) in [5.74, 6) is 0. The van der Waals surface area contributed by atoms with Crippen LogP contribution in [-0.4, -0.2) is 28.9 Å². The molecule has 2 aromatic carbocycles. The van der Waals surface area contributed by atoms with E-state index < -0.39 is 0 Å². The van der Waals surface area contributed by atoms with Gasteiger partial charge in [0.1, 0.15) is 26.2 Å². The van der Waals surface area contributed by atoms with Crippen LogP contribution in [0.2, 0.25) is 0 Å². The van der Waals surface area contributed by atoms with Crippen molar-refractivity contribution in [3.05, 3.63) is 68.8 Å². The zero-order chi connectivity index (χ0) is 18.1. The summed E-state index contributed by atoms with van der Waals surface area (Å²) in [5.41, 5.74) is 11.3. The average molecular weight is 415 g/mol. The molecule has 2 nitrogen and oxygen atoms in total. The summed E-state index contributed by atoms with van der Waals surface area (Å²) >= 11 is 0. The Morgan fingerprint density at radius 2 is 1.23 bits per heavy atom. The molecule has 2 aromatic rings. The van der Waals surface area contributed by atoms with Crippen molar-refractivity contribution >= 4 is 6.34 Å². The predicted molar refractivity (Wildman–Crippen MR) is 107 cm³/mol. The van der Waals surface area contributed by atoms with Crippen LogP contribution in [0.3, 0.4) is 0 Å². The highest BCUT2D eigenvalue weighted by Gasteiger charge is 2.22. The van der Waals surface area contributed by atoms with Gasteiger partial charge in [0, 0.05) is 0 Å². The van der Waals surface area contributed by atoms with Crippen molar-refractivity contribution in [1.29, 1.82) is 0 Å². The first-order valence-corrected chi connectivity index (χ1v) is 9.30. The van der Waals surface area contributed by atoms with Gasteiger partial charge in [-0.3, -0.25) is 9.48 Å². The molecule has 0 atom stereocenters. The average Bonchev–Trinajstić information content (AvgIpc) is 2.94. The fourth-order valence-electron chi connectivity index (χ4n) is 4.17. The molecule has 0 saturated carbocycles. The molecule has 26 heavy (non-hydrogen) atoms. The number of rotatable bonds is 4. The molecule has 0 spiro atoms. The van der Waals surface area contributed by atoms with Crippen LogP contribution in [0, 0.1) is 41.5 Å². The third-order valence-electron chi connectivity index (χ3n) is 5.40. The van der Waals surface area contributed by atoms with E-state index in [4.69, 9.17) is 0 Å². The number of hydrogen-bond acceptors (Lipinski definition) is 1. The van der Waals surface area contributed by atoms with Crippen molar-refractivity contribution in [3.63, 3.8) is 0 Å². The van der Waals surface area contributed by atoms with Crippen molar-refractivity contribution in [1.82, 2.24) is 4.90 Å². The highest BCUT2D eigenvalue weighted by Crippen LogP contribution is 2.20. The Hall–Kier alpha value is -1.61. The van der Waals surface area contributed by atoms with Crippen molar-refractivity contribution in [3.8, 4) is 0 Å². The fraction of sp³-hybridized carbons (Fsp3) is 0.435. The van der Waals surface area contributed by atoms with E-state index in [1.54, 1.807) is 0 Å². The van der Waals surface area contributed by atoms with E-state index in [1.807, 2.05) is 0 Å². The minimum Gasteiger partial charge on any atom is -1.00 e. The molecule has 0 unspecified atom stereocenters. The first kappa shape index (κ1) is 20.7. The molecule has 1 aliphatic heterocycles. The van der Waals surface area contributed by atoms with Crippen molar-refractivity contribution in [2.45, 2.75) is 54.6 Å². The van der Waals surface area contributed by atoms with Crippen LogP contribution in [0.5, 0.6) is 0 Å². The van der Waals surface area contributed by atoms with Gasteiger partial charge in [-0.2, -0.15) is 0 Å². The number of hydrogen-bond donors (Lipinski definition) is 0. The molecule has 1 heterocycles. The van der Waals surface area contributed by atoms with E-state index in [0.717, 1.165) is 26.2 Å². The molecule has 3 heteroatoms. The Labute approximate surface area is 169 Å². The van der Waals surface area contributed by atoms with Crippen LogP contribution < -0.4 is 17.0 Å². The lowest BCUT2D eigenvalue weighted by molar-refractivity contribution is -0.530. The highest BCUT2D eigenvalue weighted by atomic mass is 79.9. The Kier molecular flexibility index (Phi) is 6.68. The zero-order valence-corrected chi connectivity index (χ0v) is 18.6.